The highest BCUT2D eigenvalue weighted by Crippen LogP contribution is 2.31. The Morgan fingerprint density at radius 2 is 1.91 bits per heavy atom. The van der Waals surface area contributed by atoms with Gasteiger partial charge in [0.2, 0.25) is 5.95 Å². The monoisotopic (exact) mass is 464 g/mol. The molecule has 3 atom stereocenters. The van der Waals surface area contributed by atoms with Crippen LogP contribution in [0.25, 0.3) is 11.1 Å². The lowest BCUT2D eigenvalue weighted by molar-refractivity contribution is 0.174. The van der Waals surface area contributed by atoms with Crippen molar-refractivity contribution in [3.63, 3.8) is 0 Å². The van der Waals surface area contributed by atoms with Crippen molar-refractivity contribution in [1.82, 2.24) is 19.7 Å². The summed E-state index contributed by atoms with van der Waals surface area (Å²) in [4.78, 5) is 20.6. The van der Waals surface area contributed by atoms with E-state index in [9.17, 15) is 22.4 Å². The van der Waals surface area contributed by atoms with E-state index >= 15 is 0 Å². The van der Waals surface area contributed by atoms with E-state index in [1.807, 2.05) is 0 Å². The van der Waals surface area contributed by atoms with E-state index in [1.165, 1.54) is 24.7 Å². The molecule has 0 spiro atoms. The molecule has 0 aliphatic carbocycles. The SMILES string of the molecule is C[C@H](Nc1ncc(F)c(N2C(=O)OC[C@@H]2[C@H](C)F)n1)c1cc(F)c(-c2cnn(C)c2)cc1F. The fourth-order valence-corrected chi connectivity index (χ4v) is 3.56. The summed E-state index contributed by atoms with van der Waals surface area (Å²) in [5, 5.41) is 6.71. The number of nitrogens with one attached hydrogen (secondary N) is 1. The van der Waals surface area contributed by atoms with Crippen LogP contribution in [0.15, 0.2) is 30.7 Å². The van der Waals surface area contributed by atoms with Gasteiger partial charge in [-0.2, -0.15) is 10.1 Å². The number of rotatable bonds is 6. The molecular weight excluding hydrogens is 444 g/mol. The van der Waals surface area contributed by atoms with Gasteiger partial charge in [0.1, 0.15) is 30.5 Å². The van der Waals surface area contributed by atoms with Crippen LogP contribution in [0.5, 0.6) is 0 Å². The number of aryl methyl sites for hydroxylation is 1. The number of hydrogen-bond donors (Lipinski definition) is 1. The maximum Gasteiger partial charge on any atom is 0.416 e. The third kappa shape index (κ3) is 4.32. The molecule has 1 aliphatic heterocycles. The Hall–Kier alpha value is -3.70. The van der Waals surface area contributed by atoms with E-state index < -0.39 is 47.6 Å². The second-order valence-electron chi connectivity index (χ2n) is 7.68. The Morgan fingerprint density at radius 1 is 1.15 bits per heavy atom. The van der Waals surface area contributed by atoms with Crippen LogP contribution < -0.4 is 10.2 Å². The van der Waals surface area contributed by atoms with Gasteiger partial charge in [-0.15, -0.1) is 0 Å². The fourth-order valence-electron chi connectivity index (χ4n) is 3.56. The molecule has 12 heteroatoms. The molecule has 1 aliphatic rings. The minimum absolute atomic E-state index is 0.0227. The minimum Gasteiger partial charge on any atom is -0.447 e. The second-order valence-corrected chi connectivity index (χ2v) is 7.68. The lowest BCUT2D eigenvalue weighted by Crippen LogP contribution is -2.40. The molecule has 8 nitrogen and oxygen atoms in total. The highest BCUT2D eigenvalue weighted by atomic mass is 19.1. The first-order valence-electron chi connectivity index (χ1n) is 10.0. The highest BCUT2D eigenvalue weighted by Gasteiger charge is 2.40. The number of amides is 1. The summed E-state index contributed by atoms with van der Waals surface area (Å²) in [5.74, 6) is -2.95. The number of alkyl halides is 1. The van der Waals surface area contributed by atoms with Crippen LogP contribution >= 0.6 is 0 Å². The quantitative estimate of drug-likeness (QED) is 0.552. The zero-order valence-corrected chi connectivity index (χ0v) is 17.9. The van der Waals surface area contributed by atoms with Crippen molar-refractivity contribution in [3.8, 4) is 11.1 Å². The van der Waals surface area contributed by atoms with Gasteiger partial charge < -0.3 is 10.1 Å². The molecule has 174 valence electrons. The van der Waals surface area contributed by atoms with Crippen molar-refractivity contribution in [2.75, 3.05) is 16.8 Å². The predicted octanol–water partition coefficient (Wildman–Crippen LogP) is 4.15. The van der Waals surface area contributed by atoms with Gasteiger partial charge in [-0.1, -0.05) is 0 Å². The van der Waals surface area contributed by atoms with E-state index in [0.29, 0.717) is 5.56 Å². The van der Waals surface area contributed by atoms with Gasteiger partial charge in [0, 0.05) is 29.9 Å². The van der Waals surface area contributed by atoms with Gasteiger partial charge in [-0.05, 0) is 26.0 Å². The van der Waals surface area contributed by atoms with Crippen LogP contribution in [-0.4, -0.2) is 44.7 Å². The first-order valence-corrected chi connectivity index (χ1v) is 10.0. The van der Waals surface area contributed by atoms with Gasteiger partial charge in [0.25, 0.3) is 0 Å². The Labute approximate surface area is 186 Å². The van der Waals surface area contributed by atoms with E-state index in [4.69, 9.17) is 4.74 Å². The molecule has 2 aromatic heterocycles. The van der Waals surface area contributed by atoms with Crippen molar-refractivity contribution in [2.45, 2.75) is 32.1 Å². The van der Waals surface area contributed by atoms with Gasteiger partial charge in [0.15, 0.2) is 11.6 Å². The molecule has 1 amide bonds. The largest absolute Gasteiger partial charge is 0.447 e. The second kappa shape index (κ2) is 8.68. The highest BCUT2D eigenvalue weighted by molar-refractivity contribution is 5.89. The normalized spacial score (nSPS) is 17.7. The molecule has 33 heavy (non-hydrogen) atoms. The number of benzene rings is 1. The number of cyclic esters (lactones) is 1. The molecule has 3 aromatic rings. The number of anilines is 2. The third-order valence-electron chi connectivity index (χ3n) is 5.30. The van der Waals surface area contributed by atoms with Crippen LogP contribution in [-0.2, 0) is 11.8 Å². The predicted molar refractivity (Wildman–Crippen MR) is 111 cm³/mol. The lowest BCUT2D eigenvalue weighted by atomic mass is 10.0. The Morgan fingerprint density at radius 3 is 2.58 bits per heavy atom. The number of aromatic nitrogens is 4. The first kappa shape index (κ1) is 22.5. The Bertz CT molecular complexity index is 1200. The maximum absolute atomic E-state index is 14.8. The Kier molecular flexibility index (Phi) is 5.91. The molecule has 0 bridgehead atoms. The van der Waals surface area contributed by atoms with E-state index in [2.05, 4.69) is 20.4 Å². The maximum atomic E-state index is 14.8. The van der Waals surface area contributed by atoms with Gasteiger partial charge in [-0.3, -0.25) is 4.68 Å². The van der Waals surface area contributed by atoms with Crippen molar-refractivity contribution in [1.29, 1.82) is 0 Å². The van der Waals surface area contributed by atoms with Crippen molar-refractivity contribution in [2.24, 2.45) is 7.05 Å². The number of carbonyl (C=O) groups excluding carboxylic acids is 1. The van der Waals surface area contributed by atoms with Crippen LogP contribution in [0.4, 0.5) is 34.1 Å². The lowest BCUT2D eigenvalue weighted by Gasteiger charge is -2.22. The zero-order valence-electron chi connectivity index (χ0n) is 17.9. The van der Waals surface area contributed by atoms with E-state index in [1.54, 1.807) is 13.2 Å². The smallest absolute Gasteiger partial charge is 0.416 e. The van der Waals surface area contributed by atoms with Gasteiger partial charge in [0.05, 0.1) is 18.4 Å². The summed E-state index contributed by atoms with van der Waals surface area (Å²) in [6, 6.07) is 0.212. The number of ether oxygens (including phenoxy) is 1. The van der Waals surface area contributed by atoms with E-state index in [-0.39, 0.29) is 23.7 Å². The summed E-state index contributed by atoms with van der Waals surface area (Å²) in [6.07, 6.45) is 1.33. The molecule has 3 heterocycles. The first-order chi connectivity index (χ1) is 15.7. The standard InChI is InChI=1S/C21H20F4N6O2/c1-10(22)18-9-33-21(32)31(18)19-17(25)7-26-20(29-19)28-11(2)13-4-16(24)14(5-15(13)23)12-6-27-30(3)8-12/h4-8,10-11,18H,9H2,1-3H3,(H,26,28,29)/t10-,11-,18+/m0/s1. The topological polar surface area (TPSA) is 85.2 Å². The van der Waals surface area contributed by atoms with Crippen molar-refractivity contribution in [3.05, 3.63) is 53.7 Å². The van der Waals surface area contributed by atoms with E-state index in [0.717, 1.165) is 23.2 Å². The molecule has 1 saturated heterocycles. The Balaban J connectivity index is 1.60. The van der Waals surface area contributed by atoms with Crippen LogP contribution in [0.3, 0.4) is 0 Å². The van der Waals surface area contributed by atoms with Crippen LogP contribution in [0.2, 0.25) is 0 Å². The van der Waals surface area contributed by atoms with Crippen molar-refractivity contribution >= 4 is 17.9 Å². The van der Waals surface area contributed by atoms with Crippen LogP contribution in [0, 0.1) is 17.5 Å². The summed E-state index contributed by atoms with van der Waals surface area (Å²) in [7, 11) is 1.66. The third-order valence-corrected chi connectivity index (χ3v) is 5.30. The number of nitrogens with zero attached hydrogens (tertiary/aromatic N) is 5. The van der Waals surface area contributed by atoms with Gasteiger partial charge >= 0.3 is 6.09 Å². The molecule has 0 saturated carbocycles. The summed E-state index contributed by atoms with van der Waals surface area (Å²) >= 11 is 0. The molecule has 0 radical (unpaired) electrons. The fraction of sp³-hybridized carbons (Fsp3) is 0.333. The summed E-state index contributed by atoms with van der Waals surface area (Å²) in [5.41, 5.74) is 0.447. The number of hydrogen-bond acceptors (Lipinski definition) is 6. The molecule has 1 N–H and O–H groups in total. The van der Waals surface area contributed by atoms with Gasteiger partial charge in [-0.25, -0.2) is 32.2 Å². The van der Waals surface area contributed by atoms with Crippen LogP contribution in [0.1, 0.15) is 25.5 Å². The zero-order chi connectivity index (χ0) is 23.9. The minimum atomic E-state index is -1.50. The molecule has 4 rings (SSSR count). The average Bonchev–Trinajstić information content (AvgIpc) is 3.36. The summed E-state index contributed by atoms with van der Waals surface area (Å²) < 4.78 is 64.1. The number of carbonyl (C=O) groups is 1. The molecule has 1 aromatic carbocycles. The molecular formula is C21H20F4N6O2. The number of halogens is 4. The average molecular weight is 464 g/mol. The molecule has 1 fully saturated rings. The van der Waals surface area contributed by atoms with Crippen molar-refractivity contribution < 1.29 is 27.1 Å². The molecule has 0 unspecified atom stereocenters. The summed E-state index contributed by atoms with van der Waals surface area (Å²) in [6.45, 7) is 2.49.